The van der Waals surface area contributed by atoms with Gasteiger partial charge in [0.1, 0.15) is 12.4 Å². The van der Waals surface area contributed by atoms with Crippen LogP contribution in [-0.4, -0.2) is 19.2 Å². The van der Waals surface area contributed by atoms with Crippen LogP contribution in [0.15, 0.2) is 24.3 Å². The highest BCUT2D eigenvalue weighted by Crippen LogP contribution is 2.22. The first-order valence-electron chi connectivity index (χ1n) is 6.58. The van der Waals surface area contributed by atoms with Gasteiger partial charge in [-0.2, -0.15) is 0 Å². The first kappa shape index (κ1) is 12.2. The summed E-state index contributed by atoms with van der Waals surface area (Å²) >= 11 is 0. The minimum Gasteiger partial charge on any atom is -0.492 e. The van der Waals surface area contributed by atoms with Gasteiger partial charge >= 0.3 is 0 Å². The Kier molecular flexibility index (Phi) is 4.68. The minimum absolute atomic E-state index is 0.558. The Balaban J connectivity index is 1.84. The van der Waals surface area contributed by atoms with Gasteiger partial charge in [-0.1, -0.05) is 19.3 Å². The molecule has 0 heterocycles. The van der Waals surface area contributed by atoms with Crippen LogP contribution in [0, 0.1) is 0 Å². The fourth-order valence-electron chi connectivity index (χ4n) is 2.31. The van der Waals surface area contributed by atoms with Gasteiger partial charge in [0.15, 0.2) is 0 Å². The third-order valence-electron chi connectivity index (χ3n) is 3.22. The Morgan fingerprint density at radius 2 is 1.82 bits per heavy atom. The van der Waals surface area contributed by atoms with Crippen molar-refractivity contribution in [2.45, 2.75) is 38.1 Å². The van der Waals surface area contributed by atoms with Crippen LogP contribution in [-0.2, 0) is 0 Å². The third kappa shape index (κ3) is 3.93. The summed E-state index contributed by atoms with van der Waals surface area (Å²) in [5.74, 6) is 0.893. The zero-order chi connectivity index (χ0) is 11.9. The van der Waals surface area contributed by atoms with Crippen molar-refractivity contribution in [3.05, 3.63) is 24.3 Å². The van der Waals surface area contributed by atoms with Gasteiger partial charge in [-0.3, -0.25) is 0 Å². The van der Waals surface area contributed by atoms with E-state index in [1.165, 1.54) is 37.8 Å². The molecular formula is C14H22N2O. The van der Waals surface area contributed by atoms with Crippen molar-refractivity contribution in [3.63, 3.8) is 0 Å². The number of hydrogen-bond acceptors (Lipinski definition) is 3. The Hall–Kier alpha value is -1.22. The maximum atomic E-state index is 5.45. The van der Waals surface area contributed by atoms with E-state index in [1.807, 2.05) is 12.1 Å². The van der Waals surface area contributed by atoms with Gasteiger partial charge in [-0.15, -0.1) is 0 Å². The van der Waals surface area contributed by atoms with Gasteiger partial charge in [-0.05, 0) is 37.1 Å². The van der Waals surface area contributed by atoms with Crippen LogP contribution in [0.25, 0.3) is 0 Å². The van der Waals surface area contributed by atoms with Crippen molar-refractivity contribution < 1.29 is 4.74 Å². The summed E-state index contributed by atoms with van der Waals surface area (Å²) in [6.07, 6.45) is 6.70. The number of benzene rings is 1. The normalized spacial score (nSPS) is 16.8. The van der Waals surface area contributed by atoms with Gasteiger partial charge in [0.25, 0.3) is 0 Å². The summed E-state index contributed by atoms with van der Waals surface area (Å²) in [5.41, 5.74) is 6.58. The van der Waals surface area contributed by atoms with E-state index in [9.17, 15) is 0 Å². The highest BCUT2D eigenvalue weighted by molar-refractivity contribution is 5.47. The van der Waals surface area contributed by atoms with Crippen molar-refractivity contribution in [2.75, 3.05) is 18.5 Å². The van der Waals surface area contributed by atoms with E-state index < -0.39 is 0 Å². The predicted octanol–water partition coefficient (Wildman–Crippen LogP) is 2.77. The number of nitrogens with two attached hydrogens (primary N) is 1. The van der Waals surface area contributed by atoms with E-state index in [-0.39, 0.29) is 0 Å². The quantitative estimate of drug-likeness (QED) is 0.823. The lowest BCUT2D eigenvalue weighted by atomic mass is 9.95. The predicted molar refractivity (Wildman–Crippen MR) is 71.5 cm³/mol. The molecule has 1 fully saturated rings. The molecule has 2 rings (SSSR count). The molecule has 3 nitrogen and oxygen atoms in total. The molecule has 1 aromatic carbocycles. The molecule has 0 aliphatic heterocycles. The molecule has 0 atom stereocenters. The van der Waals surface area contributed by atoms with Gasteiger partial charge in [0.05, 0.1) is 0 Å². The van der Waals surface area contributed by atoms with Crippen molar-refractivity contribution in [1.82, 2.24) is 0 Å². The van der Waals surface area contributed by atoms with E-state index in [0.29, 0.717) is 19.2 Å². The van der Waals surface area contributed by atoms with Gasteiger partial charge in [-0.25, -0.2) is 0 Å². The molecule has 0 aromatic heterocycles. The van der Waals surface area contributed by atoms with Crippen molar-refractivity contribution in [1.29, 1.82) is 0 Å². The van der Waals surface area contributed by atoms with E-state index in [2.05, 4.69) is 17.4 Å². The molecule has 1 aromatic rings. The Bertz CT molecular complexity index is 317. The Morgan fingerprint density at radius 3 is 2.47 bits per heavy atom. The minimum atomic E-state index is 0.558. The number of nitrogens with one attached hydrogen (secondary N) is 1. The topological polar surface area (TPSA) is 47.3 Å². The molecule has 0 unspecified atom stereocenters. The van der Waals surface area contributed by atoms with Gasteiger partial charge in [0.2, 0.25) is 0 Å². The molecular weight excluding hydrogens is 212 g/mol. The summed E-state index contributed by atoms with van der Waals surface area (Å²) in [5, 5.41) is 3.58. The SMILES string of the molecule is NCCOc1ccc(NC2CCCCC2)cc1. The van der Waals surface area contributed by atoms with Gasteiger partial charge < -0.3 is 15.8 Å². The monoisotopic (exact) mass is 234 g/mol. The van der Waals surface area contributed by atoms with Crippen LogP contribution in [0.5, 0.6) is 5.75 Å². The zero-order valence-corrected chi connectivity index (χ0v) is 10.3. The van der Waals surface area contributed by atoms with Crippen molar-refractivity contribution in [2.24, 2.45) is 5.73 Å². The maximum Gasteiger partial charge on any atom is 0.119 e. The zero-order valence-electron chi connectivity index (χ0n) is 10.3. The summed E-state index contributed by atoms with van der Waals surface area (Å²) in [4.78, 5) is 0. The van der Waals surface area contributed by atoms with Gasteiger partial charge in [0, 0.05) is 18.3 Å². The molecule has 1 saturated carbocycles. The lowest BCUT2D eigenvalue weighted by Gasteiger charge is -2.23. The van der Waals surface area contributed by atoms with Crippen LogP contribution in [0.3, 0.4) is 0 Å². The maximum absolute atomic E-state index is 5.45. The standard InChI is InChI=1S/C14H22N2O/c15-10-11-17-14-8-6-13(7-9-14)16-12-4-2-1-3-5-12/h6-9,12,16H,1-5,10-11,15H2. The molecule has 17 heavy (non-hydrogen) atoms. The lowest BCUT2D eigenvalue weighted by Crippen LogP contribution is -2.22. The average Bonchev–Trinajstić information content (AvgIpc) is 2.39. The molecule has 0 bridgehead atoms. The first-order chi connectivity index (χ1) is 8.38. The number of rotatable bonds is 5. The summed E-state index contributed by atoms with van der Waals surface area (Å²) < 4.78 is 5.45. The molecule has 3 heteroatoms. The van der Waals surface area contributed by atoms with E-state index in [4.69, 9.17) is 10.5 Å². The van der Waals surface area contributed by atoms with Crippen molar-refractivity contribution in [3.8, 4) is 5.75 Å². The second kappa shape index (κ2) is 6.50. The van der Waals surface area contributed by atoms with Crippen molar-refractivity contribution >= 4 is 5.69 Å². The molecule has 0 spiro atoms. The molecule has 3 N–H and O–H groups in total. The van der Waals surface area contributed by atoms with Crippen LogP contribution in [0.2, 0.25) is 0 Å². The van der Waals surface area contributed by atoms with E-state index in [1.54, 1.807) is 0 Å². The fraction of sp³-hybridized carbons (Fsp3) is 0.571. The second-order valence-electron chi connectivity index (χ2n) is 4.64. The molecule has 94 valence electrons. The molecule has 1 aliphatic carbocycles. The molecule has 0 saturated heterocycles. The van der Waals surface area contributed by atoms with Crippen LogP contribution < -0.4 is 15.8 Å². The number of anilines is 1. The van der Waals surface area contributed by atoms with Crippen LogP contribution in [0.1, 0.15) is 32.1 Å². The van der Waals surface area contributed by atoms with Crippen LogP contribution in [0.4, 0.5) is 5.69 Å². The van der Waals surface area contributed by atoms with E-state index in [0.717, 1.165) is 5.75 Å². The third-order valence-corrected chi connectivity index (χ3v) is 3.22. The first-order valence-corrected chi connectivity index (χ1v) is 6.58. The highest BCUT2D eigenvalue weighted by atomic mass is 16.5. The highest BCUT2D eigenvalue weighted by Gasteiger charge is 2.12. The number of hydrogen-bond donors (Lipinski definition) is 2. The Morgan fingerprint density at radius 1 is 1.12 bits per heavy atom. The number of ether oxygens (including phenoxy) is 1. The molecule has 0 amide bonds. The fourth-order valence-corrected chi connectivity index (χ4v) is 2.31. The summed E-state index contributed by atoms with van der Waals surface area (Å²) in [6.45, 7) is 1.14. The van der Waals surface area contributed by atoms with E-state index >= 15 is 0 Å². The Labute approximate surface area is 103 Å². The lowest BCUT2D eigenvalue weighted by molar-refractivity contribution is 0.328. The molecule has 0 radical (unpaired) electrons. The van der Waals surface area contributed by atoms with Crippen LogP contribution >= 0.6 is 0 Å². The largest absolute Gasteiger partial charge is 0.492 e. The summed E-state index contributed by atoms with van der Waals surface area (Å²) in [7, 11) is 0. The average molecular weight is 234 g/mol. The molecule has 1 aliphatic rings. The summed E-state index contributed by atoms with van der Waals surface area (Å²) in [6, 6.07) is 8.82. The smallest absolute Gasteiger partial charge is 0.119 e. The second-order valence-corrected chi connectivity index (χ2v) is 4.64.